The van der Waals surface area contributed by atoms with Crippen LogP contribution in [0.25, 0.3) is 0 Å². The molecule has 0 radical (unpaired) electrons. The van der Waals surface area contributed by atoms with Crippen LogP contribution < -0.4 is 4.74 Å². The Balaban J connectivity index is 2.31. The number of hydrogen-bond acceptors (Lipinski definition) is 1. The van der Waals surface area contributed by atoms with Crippen LogP contribution in [0.3, 0.4) is 0 Å². The largest absolute Gasteiger partial charge is 0.473 e. The van der Waals surface area contributed by atoms with E-state index in [0.29, 0.717) is 0 Å². The van der Waals surface area contributed by atoms with Crippen molar-refractivity contribution in [2.45, 2.75) is 18.2 Å². The molecule has 0 bridgehead atoms. The Hall–Kier alpha value is -1.42. The summed E-state index contributed by atoms with van der Waals surface area (Å²) in [5.74, 6) is 0.172. The molecule has 1 nitrogen and oxygen atoms in total. The Kier molecular flexibility index (Phi) is 3.39. The Morgan fingerprint density at radius 1 is 1.17 bits per heavy atom. The molecule has 18 heavy (non-hydrogen) atoms. The maximum atomic E-state index is 13.2. The Morgan fingerprint density at radius 3 is 2.33 bits per heavy atom. The predicted molar refractivity (Wildman–Crippen MR) is 63.5 cm³/mol. The first-order chi connectivity index (χ1) is 8.43. The minimum absolute atomic E-state index is 0.172. The zero-order valence-corrected chi connectivity index (χ0v) is 10.0. The van der Waals surface area contributed by atoms with E-state index in [1.807, 2.05) is 0 Å². The molecule has 0 saturated heterocycles. The van der Waals surface area contributed by atoms with E-state index in [9.17, 15) is 13.2 Å². The predicted octanol–water partition coefficient (Wildman–Crippen LogP) is 4.45. The van der Waals surface area contributed by atoms with Gasteiger partial charge in [0.1, 0.15) is 5.75 Å². The van der Waals surface area contributed by atoms with Crippen LogP contribution in [0.15, 0.2) is 53.6 Å². The summed E-state index contributed by atoms with van der Waals surface area (Å²) in [6.45, 7) is 0. The van der Waals surface area contributed by atoms with E-state index in [1.54, 1.807) is 18.2 Å². The fourth-order valence-corrected chi connectivity index (χ4v) is 1.78. The summed E-state index contributed by atoms with van der Waals surface area (Å²) in [7, 11) is 0. The molecule has 1 unspecified atom stereocenters. The molecule has 1 aromatic rings. The number of allylic oxidation sites excluding steroid dienone is 2. The lowest BCUT2D eigenvalue weighted by atomic mass is 9.94. The van der Waals surface area contributed by atoms with E-state index in [2.05, 4.69) is 0 Å². The number of alkyl halides is 3. The highest BCUT2D eigenvalue weighted by Crippen LogP contribution is 2.41. The average Bonchev–Trinajstić information content (AvgIpc) is 2.32. The van der Waals surface area contributed by atoms with E-state index in [4.69, 9.17) is 16.3 Å². The summed E-state index contributed by atoms with van der Waals surface area (Å²) in [5, 5.41) is 0.284. The molecule has 0 saturated carbocycles. The topological polar surface area (TPSA) is 9.23 Å². The van der Waals surface area contributed by atoms with E-state index in [1.165, 1.54) is 24.3 Å². The van der Waals surface area contributed by atoms with Gasteiger partial charge in [0.2, 0.25) is 5.60 Å². The van der Waals surface area contributed by atoms with E-state index in [0.717, 1.165) is 6.08 Å². The highest BCUT2D eigenvalue weighted by Gasteiger charge is 2.55. The van der Waals surface area contributed by atoms with Crippen molar-refractivity contribution in [1.29, 1.82) is 0 Å². The first kappa shape index (κ1) is 13.0. The number of halogens is 4. The number of ether oxygens (including phenoxy) is 1. The van der Waals surface area contributed by atoms with Crippen LogP contribution in [-0.4, -0.2) is 11.8 Å². The van der Waals surface area contributed by atoms with Gasteiger partial charge >= 0.3 is 6.18 Å². The quantitative estimate of drug-likeness (QED) is 0.774. The first-order valence-corrected chi connectivity index (χ1v) is 5.66. The van der Waals surface area contributed by atoms with E-state index >= 15 is 0 Å². The van der Waals surface area contributed by atoms with Crippen LogP contribution in [-0.2, 0) is 0 Å². The summed E-state index contributed by atoms with van der Waals surface area (Å²) in [5.41, 5.74) is -2.34. The molecule has 1 aromatic carbocycles. The monoisotopic (exact) mass is 274 g/mol. The molecule has 1 aliphatic carbocycles. The standard InChI is InChI=1S/C13H10ClF3O/c14-10-6-8-12(9-7-10,13(15,16)17)18-11-4-2-1-3-5-11/h1-8H,9H2. The lowest BCUT2D eigenvalue weighted by Gasteiger charge is -2.34. The Morgan fingerprint density at radius 2 is 1.83 bits per heavy atom. The molecule has 2 rings (SSSR count). The second-order valence-electron chi connectivity index (χ2n) is 3.93. The van der Waals surface area contributed by atoms with Gasteiger partial charge in [0.15, 0.2) is 0 Å². The van der Waals surface area contributed by atoms with Crippen molar-refractivity contribution in [2.75, 3.05) is 0 Å². The fourth-order valence-electron chi connectivity index (χ4n) is 1.64. The lowest BCUT2D eigenvalue weighted by molar-refractivity contribution is -0.228. The van der Waals surface area contributed by atoms with Crippen molar-refractivity contribution in [2.24, 2.45) is 0 Å². The third kappa shape index (κ3) is 2.53. The zero-order valence-electron chi connectivity index (χ0n) is 9.25. The SMILES string of the molecule is FC(F)(F)C1(Oc2ccccc2)C=CC(Cl)=CC1. The van der Waals surface area contributed by atoms with Crippen molar-refractivity contribution in [1.82, 2.24) is 0 Å². The Labute approximate surface area is 108 Å². The summed E-state index contributed by atoms with van der Waals surface area (Å²) in [6.07, 6.45) is -1.37. The van der Waals surface area contributed by atoms with Gasteiger partial charge in [0.25, 0.3) is 0 Å². The Bertz CT molecular complexity index is 479. The number of benzene rings is 1. The molecule has 1 aliphatic rings. The molecule has 0 N–H and O–H groups in total. The molecule has 0 aromatic heterocycles. The molecule has 0 amide bonds. The molecule has 0 spiro atoms. The molecule has 0 aliphatic heterocycles. The normalized spacial score (nSPS) is 23.7. The maximum Gasteiger partial charge on any atom is 0.432 e. The first-order valence-electron chi connectivity index (χ1n) is 5.29. The van der Waals surface area contributed by atoms with Crippen LogP contribution in [0.2, 0.25) is 0 Å². The van der Waals surface area contributed by atoms with Gasteiger partial charge in [-0.3, -0.25) is 0 Å². The van der Waals surface area contributed by atoms with Crippen LogP contribution in [0, 0.1) is 0 Å². The second-order valence-corrected chi connectivity index (χ2v) is 4.37. The van der Waals surface area contributed by atoms with Gasteiger partial charge in [-0.25, -0.2) is 0 Å². The third-order valence-electron chi connectivity index (χ3n) is 2.64. The van der Waals surface area contributed by atoms with Gasteiger partial charge in [0.05, 0.1) is 0 Å². The van der Waals surface area contributed by atoms with Gasteiger partial charge in [0, 0.05) is 11.5 Å². The van der Waals surface area contributed by atoms with Crippen LogP contribution in [0.5, 0.6) is 5.75 Å². The third-order valence-corrected chi connectivity index (χ3v) is 2.92. The summed E-state index contributed by atoms with van der Waals surface area (Å²) in [4.78, 5) is 0. The van der Waals surface area contributed by atoms with Crippen molar-refractivity contribution in [3.63, 3.8) is 0 Å². The molecular formula is C13H10ClF3O. The van der Waals surface area contributed by atoms with Crippen molar-refractivity contribution < 1.29 is 17.9 Å². The van der Waals surface area contributed by atoms with Gasteiger partial charge in [-0.15, -0.1) is 0 Å². The molecule has 0 fully saturated rings. The maximum absolute atomic E-state index is 13.2. The van der Waals surface area contributed by atoms with Crippen molar-refractivity contribution in [3.8, 4) is 5.75 Å². The number of rotatable bonds is 2. The second kappa shape index (κ2) is 4.69. The van der Waals surface area contributed by atoms with Gasteiger partial charge in [-0.1, -0.05) is 35.9 Å². The van der Waals surface area contributed by atoms with E-state index < -0.39 is 11.8 Å². The van der Waals surface area contributed by atoms with E-state index in [-0.39, 0.29) is 17.2 Å². The van der Waals surface area contributed by atoms with Crippen LogP contribution in [0.4, 0.5) is 13.2 Å². The van der Waals surface area contributed by atoms with Gasteiger partial charge in [-0.05, 0) is 24.3 Å². The smallest absolute Gasteiger partial charge is 0.432 e. The van der Waals surface area contributed by atoms with Crippen molar-refractivity contribution >= 4 is 11.6 Å². The van der Waals surface area contributed by atoms with Crippen LogP contribution >= 0.6 is 11.6 Å². The van der Waals surface area contributed by atoms with Crippen LogP contribution in [0.1, 0.15) is 6.42 Å². The minimum atomic E-state index is -4.51. The molecule has 0 heterocycles. The molecule has 1 atom stereocenters. The minimum Gasteiger partial charge on any atom is -0.473 e. The lowest BCUT2D eigenvalue weighted by Crippen LogP contribution is -2.49. The molecule has 5 heteroatoms. The fraction of sp³-hybridized carbons (Fsp3) is 0.231. The highest BCUT2D eigenvalue weighted by molar-refractivity contribution is 6.31. The molecular weight excluding hydrogens is 265 g/mol. The molecule has 96 valence electrons. The van der Waals surface area contributed by atoms with Crippen molar-refractivity contribution in [3.05, 3.63) is 53.6 Å². The summed E-state index contributed by atoms with van der Waals surface area (Å²) < 4.78 is 44.6. The van der Waals surface area contributed by atoms with Gasteiger partial charge in [-0.2, -0.15) is 13.2 Å². The number of para-hydroxylation sites is 1. The highest BCUT2D eigenvalue weighted by atomic mass is 35.5. The summed E-state index contributed by atoms with van der Waals surface area (Å²) >= 11 is 5.65. The average molecular weight is 275 g/mol. The summed E-state index contributed by atoms with van der Waals surface area (Å²) in [6, 6.07) is 7.92. The number of hydrogen-bond donors (Lipinski definition) is 0. The zero-order chi connectivity index (χ0) is 13.2. The van der Waals surface area contributed by atoms with Gasteiger partial charge < -0.3 is 4.74 Å².